The van der Waals surface area contributed by atoms with E-state index in [0.717, 1.165) is 5.52 Å². The van der Waals surface area contributed by atoms with Gasteiger partial charge in [0.1, 0.15) is 12.1 Å². The largest absolute Gasteiger partial charge is 0.365 e. The van der Waals surface area contributed by atoms with Crippen molar-refractivity contribution in [2.24, 2.45) is 0 Å². The number of nitrogens with zero attached hydrogens (tertiary/aromatic N) is 4. The Kier molecular flexibility index (Phi) is 4.76. The number of hydrogen-bond donors (Lipinski definition) is 2. The summed E-state index contributed by atoms with van der Waals surface area (Å²) in [6.07, 6.45) is 2.32. The van der Waals surface area contributed by atoms with E-state index in [2.05, 4.69) is 20.5 Å². The van der Waals surface area contributed by atoms with Crippen LogP contribution in [0.25, 0.3) is 16.7 Å². The van der Waals surface area contributed by atoms with Crippen molar-refractivity contribution in [3.05, 3.63) is 30.3 Å². The number of halogens is 1. The number of fused-ring (bicyclic) bond motifs is 3. The normalized spacial score (nSPS) is 11.6. The van der Waals surface area contributed by atoms with Crippen LogP contribution in [0.4, 0.5) is 10.2 Å². The summed E-state index contributed by atoms with van der Waals surface area (Å²) in [6, 6.07) is 4.69. The average molecular weight is 341 g/mol. The molecule has 0 amide bonds. The van der Waals surface area contributed by atoms with Gasteiger partial charge in [0, 0.05) is 12.1 Å². The van der Waals surface area contributed by atoms with E-state index in [1.54, 1.807) is 16.8 Å². The first kappa shape index (κ1) is 17.0. The first-order valence-electron chi connectivity index (χ1n) is 6.63. The third-order valence-electron chi connectivity index (χ3n) is 2.61. The molecule has 0 aliphatic rings. The molecule has 23 heavy (non-hydrogen) atoms. The Balaban J connectivity index is 0.000000338. The Hall–Kier alpha value is -2.33. The first-order chi connectivity index (χ1) is 10.6. The average Bonchev–Trinajstić information content (AvgIpc) is 2.85. The highest BCUT2D eigenvalue weighted by Crippen LogP contribution is 2.21. The second-order valence-electron chi connectivity index (χ2n) is 5.15. The smallest absolute Gasteiger partial charge is 0.261 e. The van der Waals surface area contributed by atoms with Gasteiger partial charge in [0.15, 0.2) is 5.82 Å². The highest BCUT2D eigenvalue weighted by atomic mass is 32.2. The second-order valence-corrected chi connectivity index (χ2v) is 6.62. The predicted molar refractivity (Wildman–Crippen MR) is 84.5 cm³/mol. The van der Waals surface area contributed by atoms with E-state index in [1.807, 2.05) is 13.8 Å². The van der Waals surface area contributed by atoms with Crippen LogP contribution in [0.5, 0.6) is 0 Å². The molecule has 10 heteroatoms. The lowest BCUT2D eigenvalue weighted by Gasteiger charge is -2.11. The lowest BCUT2D eigenvalue weighted by atomic mass is 10.3. The van der Waals surface area contributed by atoms with Crippen molar-refractivity contribution in [2.75, 3.05) is 11.6 Å². The zero-order valence-corrected chi connectivity index (χ0v) is 13.5. The van der Waals surface area contributed by atoms with Crippen LogP contribution < -0.4 is 5.32 Å². The number of benzene rings is 1. The molecule has 0 aliphatic carbocycles. The fourth-order valence-electron chi connectivity index (χ4n) is 1.90. The summed E-state index contributed by atoms with van der Waals surface area (Å²) in [5.41, 5.74) is 2.00. The van der Waals surface area contributed by atoms with Crippen LogP contribution in [0.1, 0.15) is 13.8 Å². The highest BCUT2D eigenvalue weighted by molar-refractivity contribution is 7.85. The first-order valence-corrected chi connectivity index (χ1v) is 8.48. The van der Waals surface area contributed by atoms with E-state index < -0.39 is 10.1 Å². The van der Waals surface area contributed by atoms with Crippen LogP contribution in [0, 0.1) is 5.82 Å². The monoisotopic (exact) mass is 341 g/mol. The third-order valence-corrected chi connectivity index (χ3v) is 2.61. The Labute approximate surface area is 132 Å². The van der Waals surface area contributed by atoms with Gasteiger partial charge >= 0.3 is 0 Å². The van der Waals surface area contributed by atoms with Gasteiger partial charge in [0.05, 0.1) is 17.3 Å². The summed E-state index contributed by atoms with van der Waals surface area (Å²) in [7, 11) is -3.67. The summed E-state index contributed by atoms with van der Waals surface area (Å²) < 4.78 is 40.9. The predicted octanol–water partition coefficient (Wildman–Crippen LogP) is 1.74. The van der Waals surface area contributed by atoms with Gasteiger partial charge in [-0.2, -0.15) is 8.42 Å². The number of nitrogens with one attached hydrogen (secondary N) is 1. The standard InChI is InChI=1S/C12H12FN5.CH4O3S/c1-7(2)15-11-12-17-14-6-18(12)10-4-3-8(13)5-9(10)16-11;1-5(2,3)4/h3-7H,1-2H3,(H,15,16);1H3,(H,2,3,4). The number of rotatable bonds is 2. The Bertz CT molecular complexity index is 931. The van der Waals surface area contributed by atoms with E-state index in [1.165, 1.54) is 12.1 Å². The fourth-order valence-corrected chi connectivity index (χ4v) is 1.90. The molecule has 0 saturated carbocycles. The second kappa shape index (κ2) is 6.42. The molecule has 3 aromatic rings. The molecule has 0 saturated heterocycles. The van der Waals surface area contributed by atoms with Gasteiger partial charge < -0.3 is 5.32 Å². The number of hydrogen-bond acceptors (Lipinski definition) is 6. The minimum absolute atomic E-state index is 0.212. The molecule has 0 unspecified atom stereocenters. The van der Waals surface area contributed by atoms with Gasteiger partial charge in [0.2, 0.25) is 5.65 Å². The molecule has 1 aromatic carbocycles. The molecule has 0 fully saturated rings. The maximum atomic E-state index is 13.3. The molecule has 0 bridgehead atoms. The number of anilines is 1. The molecule has 2 heterocycles. The Morgan fingerprint density at radius 3 is 2.61 bits per heavy atom. The summed E-state index contributed by atoms with van der Waals surface area (Å²) in [5.74, 6) is 0.304. The molecule has 3 rings (SSSR count). The van der Waals surface area contributed by atoms with Gasteiger partial charge in [-0.1, -0.05) is 0 Å². The molecule has 2 N–H and O–H groups in total. The molecule has 0 spiro atoms. The maximum Gasteiger partial charge on any atom is 0.261 e. The quantitative estimate of drug-likeness (QED) is 0.683. The van der Waals surface area contributed by atoms with Gasteiger partial charge in [-0.25, -0.2) is 9.37 Å². The molecule has 124 valence electrons. The maximum absolute atomic E-state index is 13.3. The molecular formula is C13H16FN5O3S. The lowest BCUT2D eigenvalue weighted by Crippen LogP contribution is -2.12. The van der Waals surface area contributed by atoms with Crippen molar-refractivity contribution in [1.29, 1.82) is 0 Å². The van der Waals surface area contributed by atoms with Crippen LogP contribution in [-0.4, -0.2) is 44.9 Å². The zero-order valence-electron chi connectivity index (χ0n) is 12.7. The SMILES string of the molecule is CC(C)Nc1nc2cc(F)ccc2n2cnnc12.CS(=O)(=O)O. The zero-order chi connectivity index (χ0) is 17.2. The van der Waals surface area contributed by atoms with Crippen molar-refractivity contribution in [1.82, 2.24) is 19.6 Å². The van der Waals surface area contributed by atoms with Crippen LogP contribution in [0.2, 0.25) is 0 Å². The van der Waals surface area contributed by atoms with E-state index in [9.17, 15) is 12.8 Å². The molecule has 0 radical (unpaired) electrons. The summed E-state index contributed by atoms with van der Waals surface area (Å²) >= 11 is 0. The van der Waals surface area contributed by atoms with Crippen LogP contribution in [0.3, 0.4) is 0 Å². The van der Waals surface area contributed by atoms with Gasteiger partial charge in [-0.15, -0.1) is 10.2 Å². The van der Waals surface area contributed by atoms with Crippen LogP contribution >= 0.6 is 0 Å². The Morgan fingerprint density at radius 1 is 1.35 bits per heavy atom. The number of aromatic nitrogens is 4. The minimum atomic E-state index is -3.67. The van der Waals surface area contributed by atoms with Crippen molar-refractivity contribution in [3.63, 3.8) is 0 Å². The Morgan fingerprint density at radius 2 is 2.00 bits per heavy atom. The van der Waals surface area contributed by atoms with Gasteiger partial charge in [-0.05, 0) is 26.0 Å². The van der Waals surface area contributed by atoms with Crippen LogP contribution in [0.15, 0.2) is 24.5 Å². The van der Waals surface area contributed by atoms with Gasteiger partial charge in [-0.3, -0.25) is 8.95 Å². The summed E-state index contributed by atoms with van der Waals surface area (Å²) in [4.78, 5) is 4.40. The highest BCUT2D eigenvalue weighted by Gasteiger charge is 2.11. The topological polar surface area (TPSA) is 109 Å². The lowest BCUT2D eigenvalue weighted by molar-refractivity contribution is 0.490. The van der Waals surface area contributed by atoms with Crippen molar-refractivity contribution >= 4 is 32.6 Å². The molecule has 0 aliphatic heterocycles. The fraction of sp³-hybridized carbons (Fsp3) is 0.308. The summed E-state index contributed by atoms with van der Waals surface area (Å²) in [5, 5.41) is 11.1. The minimum Gasteiger partial charge on any atom is -0.365 e. The molecule has 0 atom stereocenters. The van der Waals surface area contributed by atoms with E-state index in [-0.39, 0.29) is 11.9 Å². The van der Waals surface area contributed by atoms with Crippen molar-refractivity contribution < 1.29 is 17.4 Å². The van der Waals surface area contributed by atoms with Crippen molar-refractivity contribution in [2.45, 2.75) is 19.9 Å². The van der Waals surface area contributed by atoms with E-state index in [4.69, 9.17) is 4.55 Å². The van der Waals surface area contributed by atoms with Crippen molar-refractivity contribution in [3.8, 4) is 0 Å². The van der Waals surface area contributed by atoms with Gasteiger partial charge in [0.25, 0.3) is 10.1 Å². The van der Waals surface area contributed by atoms with E-state index in [0.29, 0.717) is 23.2 Å². The molecule has 8 nitrogen and oxygen atoms in total. The summed E-state index contributed by atoms with van der Waals surface area (Å²) in [6.45, 7) is 4.01. The molecular weight excluding hydrogens is 325 g/mol. The third kappa shape index (κ3) is 4.57. The van der Waals surface area contributed by atoms with Crippen LogP contribution in [-0.2, 0) is 10.1 Å². The van der Waals surface area contributed by atoms with E-state index >= 15 is 0 Å². The molecule has 2 aromatic heterocycles.